The van der Waals surface area contributed by atoms with E-state index in [2.05, 4.69) is 10.3 Å². The van der Waals surface area contributed by atoms with Crippen LogP contribution < -0.4 is 5.32 Å². The fraction of sp³-hybridized carbons (Fsp3) is 0.375. The second-order valence-corrected chi connectivity index (χ2v) is 9.71. The zero-order valence-corrected chi connectivity index (χ0v) is 18.4. The summed E-state index contributed by atoms with van der Waals surface area (Å²) in [5.41, 5.74) is 2.86. The lowest BCUT2D eigenvalue weighted by Crippen LogP contribution is -2.56. The van der Waals surface area contributed by atoms with Crippen LogP contribution in [0.3, 0.4) is 0 Å². The molecule has 2 aliphatic rings. The van der Waals surface area contributed by atoms with E-state index in [0.717, 1.165) is 35.3 Å². The van der Waals surface area contributed by atoms with Crippen molar-refractivity contribution in [3.8, 4) is 0 Å². The summed E-state index contributed by atoms with van der Waals surface area (Å²) in [6, 6.07) is 13.6. The van der Waals surface area contributed by atoms with E-state index in [4.69, 9.17) is 4.98 Å². The second-order valence-electron chi connectivity index (χ2n) is 8.48. The van der Waals surface area contributed by atoms with Gasteiger partial charge in [-0.25, -0.2) is 9.37 Å². The molecular weight excluding hydrogens is 427 g/mol. The van der Waals surface area contributed by atoms with Crippen molar-refractivity contribution in [2.45, 2.75) is 36.5 Å². The van der Waals surface area contributed by atoms with Crippen molar-refractivity contribution in [2.24, 2.45) is 0 Å². The van der Waals surface area contributed by atoms with Crippen LogP contribution in [-0.2, 0) is 16.0 Å². The van der Waals surface area contributed by atoms with Crippen molar-refractivity contribution in [2.75, 3.05) is 18.8 Å². The topological polar surface area (TPSA) is 78.1 Å². The fourth-order valence-electron chi connectivity index (χ4n) is 4.50. The maximum Gasteiger partial charge on any atom is 0.246 e. The predicted molar refractivity (Wildman–Crippen MR) is 123 cm³/mol. The van der Waals surface area contributed by atoms with Crippen LogP contribution in [0.5, 0.6) is 0 Å². The van der Waals surface area contributed by atoms with Crippen LogP contribution in [0.2, 0.25) is 0 Å². The van der Waals surface area contributed by atoms with E-state index in [1.807, 2.05) is 29.2 Å². The number of hydrogen-bond acceptors (Lipinski definition) is 4. The van der Waals surface area contributed by atoms with Crippen LogP contribution in [0.15, 0.2) is 48.5 Å². The molecule has 2 aliphatic heterocycles. The molecule has 0 spiro atoms. The molecule has 8 heteroatoms. The molecule has 166 valence electrons. The molecule has 0 saturated carbocycles. The van der Waals surface area contributed by atoms with Crippen LogP contribution in [0.1, 0.15) is 30.1 Å². The van der Waals surface area contributed by atoms with E-state index in [1.165, 1.54) is 23.9 Å². The van der Waals surface area contributed by atoms with Gasteiger partial charge in [-0.05, 0) is 49.1 Å². The molecule has 1 aromatic heterocycles. The van der Waals surface area contributed by atoms with Gasteiger partial charge in [0, 0.05) is 24.8 Å². The molecule has 3 aromatic rings. The summed E-state index contributed by atoms with van der Waals surface area (Å²) in [5.74, 6) is 1.19. The molecule has 3 unspecified atom stereocenters. The SMILES string of the molecule is O=C1NC(C(=O)N2CCCC(c3nc4ccccc4[nH]3)C2)CSC1Cc1ccc(F)cc1. The van der Waals surface area contributed by atoms with Crippen LogP contribution in [0, 0.1) is 5.82 Å². The van der Waals surface area contributed by atoms with Crippen molar-refractivity contribution in [3.05, 3.63) is 65.7 Å². The third kappa shape index (κ3) is 4.37. The van der Waals surface area contributed by atoms with Crippen molar-refractivity contribution >= 4 is 34.6 Å². The van der Waals surface area contributed by atoms with E-state index in [-0.39, 0.29) is 28.8 Å². The van der Waals surface area contributed by atoms with Crippen LogP contribution >= 0.6 is 11.8 Å². The molecule has 2 aromatic carbocycles. The summed E-state index contributed by atoms with van der Waals surface area (Å²) < 4.78 is 13.1. The largest absolute Gasteiger partial charge is 0.343 e. The third-order valence-electron chi connectivity index (χ3n) is 6.23. The molecule has 2 N–H and O–H groups in total. The average Bonchev–Trinajstić information content (AvgIpc) is 3.26. The summed E-state index contributed by atoms with van der Waals surface area (Å²) in [4.78, 5) is 35.8. The van der Waals surface area contributed by atoms with Gasteiger partial charge in [0.15, 0.2) is 0 Å². The highest BCUT2D eigenvalue weighted by molar-refractivity contribution is 8.00. The number of amides is 2. The summed E-state index contributed by atoms with van der Waals surface area (Å²) >= 11 is 1.50. The van der Waals surface area contributed by atoms with Gasteiger partial charge >= 0.3 is 0 Å². The minimum atomic E-state index is -0.508. The van der Waals surface area contributed by atoms with Crippen molar-refractivity contribution in [1.82, 2.24) is 20.2 Å². The zero-order chi connectivity index (χ0) is 22.1. The lowest BCUT2D eigenvalue weighted by Gasteiger charge is -2.36. The molecule has 2 saturated heterocycles. The number of carbonyl (C=O) groups excluding carboxylic acids is 2. The maximum absolute atomic E-state index is 13.2. The Hall–Kier alpha value is -2.87. The molecule has 6 nitrogen and oxygen atoms in total. The first-order valence-corrected chi connectivity index (χ1v) is 12.0. The predicted octanol–water partition coefficient (Wildman–Crippen LogP) is 3.25. The second kappa shape index (κ2) is 8.94. The van der Waals surface area contributed by atoms with Crippen molar-refractivity contribution in [3.63, 3.8) is 0 Å². The number of fused-ring (bicyclic) bond motifs is 1. The molecule has 3 atom stereocenters. The van der Waals surface area contributed by atoms with E-state index >= 15 is 0 Å². The normalized spacial score (nSPS) is 23.8. The molecule has 0 bridgehead atoms. The Morgan fingerprint density at radius 2 is 2.00 bits per heavy atom. The molecule has 5 rings (SSSR count). The molecule has 0 aliphatic carbocycles. The summed E-state index contributed by atoms with van der Waals surface area (Å²) in [5, 5.41) is 2.65. The number of carbonyl (C=O) groups is 2. The monoisotopic (exact) mass is 452 g/mol. The first-order chi connectivity index (χ1) is 15.6. The number of aromatic amines is 1. The Kier molecular flexibility index (Phi) is 5.87. The number of benzene rings is 2. The number of rotatable bonds is 4. The molecular formula is C24H25FN4O2S. The minimum Gasteiger partial charge on any atom is -0.343 e. The fourth-order valence-corrected chi connectivity index (χ4v) is 5.68. The first kappa shape index (κ1) is 21.0. The van der Waals surface area contributed by atoms with E-state index in [1.54, 1.807) is 12.1 Å². The van der Waals surface area contributed by atoms with Crippen molar-refractivity contribution in [1.29, 1.82) is 0 Å². The molecule has 2 amide bonds. The molecule has 32 heavy (non-hydrogen) atoms. The van der Waals surface area contributed by atoms with Gasteiger partial charge in [0.2, 0.25) is 11.8 Å². The van der Waals surface area contributed by atoms with E-state index in [9.17, 15) is 14.0 Å². The van der Waals surface area contributed by atoms with Crippen LogP contribution in [0.25, 0.3) is 11.0 Å². The number of imidazole rings is 1. The Bertz CT molecular complexity index is 1100. The zero-order valence-electron chi connectivity index (χ0n) is 17.6. The average molecular weight is 453 g/mol. The van der Waals surface area contributed by atoms with Gasteiger partial charge < -0.3 is 15.2 Å². The summed E-state index contributed by atoms with van der Waals surface area (Å²) in [6.45, 7) is 1.31. The lowest BCUT2D eigenvalue weighted by molar-refractivity contribution is -0.137. The van der Waals surface area contributed by atoms with Gasteiger partial charge in [0.05, 0.1) is 16.3 Å². The van der Waals surface area contributed by atoms with Gasteiger partial charge in [0.25, 0.3) is 0 Å². The first-order valence-electron chi connectivity index (χ1n) is 11.0. The number of thioether (sulfide) groups is 1. The Labute approximate surface area is 190 Å². The number of halogens is 1. The number of piperidine rings is 1. The number of nitrogens with one attached hydrogen (secondary N) is 2. The highest BCUT2D eigenvalue weighted by Gasteiger charge is 2.36. The number of nitrogens with zero attached hydrogens (tertiary/aromatic N) is 2. The molecule has 2 fully saturated rings. The Morgan fingerprint density at radius 1 is 1.19 bits per heavy atom. The summed E-state index contributed by atoms with van der Waals surface area (Å²) in [6.07, 6.45) is 2.42. The van der Waals surface area contributed by atoms with E-state index in [0.29, 0.717) is 25.3 Å². The van der Waals surface area contributed by atoms with Gasteiger partial charge in [-0.3, -0.25) is 9.59 Å². The third-order valence-corrected chi connectivity index (χ3v) is 7.54. The summed E-state index contributed by atoms with van der Waals surface area (Å²) in [7, 11) is 0. The lowest BCUT2D eigenvalue weighted by atomic mass is 9.97. The quantitative estimate of drug-likeness (QED) is 0.637. The van der Waals surface area contributed by atoms with Crippen LogP contribution in [-0.4, -0.2) is 56.8 Å². The number of para-hydroxylation sites is 2. The number of likely N-dealkylation sites (tertiary alicyclic amines) is 1. The number of H-pyrrole nitrogens is 1. The van der Waals surface area contributed by atoms with E-state index < -0.39 is 6.04 Å². The minimum absolute atomic E-state index is 0.0214. The Balaban J connectivity index is 1.20. The number of aromatic nitrogens is 2. The highest BCUT2D eigenvalue weighted by Crippen LogP contribution is 2.28. The number of hydrogen-bond donors (Lipinski definition) is 2. The van der Waals surface area contributed by atoms with Gasteiger partial charge in [-0.1, -0.05) is 24.3 Å². The van der Waals surface area contributed by atoms with Gasteiger partial charge in [-0.2, -0.15) is 0 Å². The van der Waals surface area contributed by atoms with Gasteiger partial charge in [-0.15, -0.1) is 11.8 Å². The van der Waals surface area contributed by atoms with Crippen molar-refractivity contribution < 1.29 is 14.0 Å². The Morgan fingerprint density at radius 3 is 2.78 bits per heavy atom. The maximum atomic E-state index is 13.2. The standard InChI is InChI=1S/C24H25FN4O2S/c25-17-9-7-15(8-10-17)12-21-23(30)28-20(14-32-21)24(31)29-11-3-4-16(13-29)22-26-18-5-1-2-6-19(18)27-22/h1-2,5-10,16,20-21H,3-4,11-14H2,(H,26,27)(H,28,30). The molecule has 0 radical (unpaired) electrons. The van der Waals surface area contributed by atoms with Crippen LogP contribution in [0.4, 0.5) is 4.39 Å². The molecule has 3 heterocycles. The highest BCUT2D eigenvalue weighted by atomic mass is 32.2. The van der Waals surface area contributed by atoms with Gasteiger partial charge in [0.1, 0.15) is 17.7 Å². The smallest absolute Gasteiger partial charge is 0.246 e.